The molecule has 0 heterocycles. The Morgan fingerprint density at radius 3 is 1.09 bits per heavy atom. The van der Waals surface area contributed by atoms with Gasteiger partial charge in [-0.2, -0.15) is 16.9 Å². The van der Waals surface area contributed by atoms with Gasteiger partial charge in [0.1, 0.15) is 21.1 Å². The lowest BCUT2D eigenvalue weighted by Gasteiger charge is -2.54. The summed E-state index contributed by atoms with van der Waals surface area (Å²) in [5.41, 5.74) is -12.6. The van der Waals surface area contributed by atoms with E-state index in [2.05, 4.69) is 0 Å². The van der Waals surface area contributed by atoms with Gasteiger partial charge in [-0.25, -0.2) is 0 Å². The average Bonchev–Trinajstić information content (AvgIpc) is 2.77. The molecule has 0 aliphatic rings. The van der Waals surface area contributed by atoms with Gasteiger partial charge in [0.15, 0.2) is 11.2 Å². The monoisotopic (exact) mass is 785 g/mol. The SMILES string of the molecule is CC(C)(O[N+](N)(N)C(C)(C)O[N+](C)(N)N)C(C)(C)[N+](N)(O)OC(C)(C)C(C)(C)[N+](N)(OC(C)(C)[N+](N)(N)N)OC(C)(C)[N+](C)(N)OC(C)(C)[N+](C)(N)N. The van der Waals surface area contributed by atoms with E-state index < -0.39 is 79.0 Å². The van der Waals surface area contributed by atoms with Crippen LogP contribution in [-0.4, -0.2) is 105 Å². The summed E-state index contributed by atoms with van der Waals surface area (Å²) in [6, 6.07) is 0. The minimum Gasteiger partial charge on any atom is -0.160 e. The van der Waals surface area contributed by atoms with E-state index in [0.717, 1.165) is 0 Å². The van der Waals surface area contributed by atoms with Gasteiger partial charge in [-0.05, 0) is 37.4 Å². The molecule has 0 aromatic carbocycles. The Hall–Kier alpha value is -1.04. The molecular formula is C27H82N19O7+7. The van der Waals surface area contributed by atoms with E-state index in [1.54, 1.807) is 83.1 Å². The molecule has 0 bridgehead atoms. The van der Waals surface area contributed by atoms with Crippen LogP contribution in [0.4, 0.5) is 0 Å². The number of quaternary nitrogens is 7. The summed E-state index contributed by atoms with van der Waals surface area (Å²) in [7, 11) is 4.34. The molecule has 25 N–H and O–H groups in total. The van der Waals surface area contributed by atoms with Crippen LogP contribution in [-0.2, 0) is 29.0 Å². The Kier molecular flexibility index (Phi) is 13.8. The fourth-order valence-electron chi connectivity index (χ4n) is 4.20. The van der Waals surface area contributed by atoms with Crippen LogP contribution in [0, 0.1) is 0 Å². The molecule has 0 radical (unpaired) electrons. The fourth-order valence-corrected chi connectivity index (χ4v) is 4.20. The molecule has 26 nitrogen and oxygen atoms in total. The molecule has 0 spiro atoms. The summed E-state index contributed by atoms with van der Waals surface area (Å²) < 4.78 is -1.46. The van der Waals surface area contributed by atoms with Gasteiger partial charge in [0, 0.05) is 88.0 Å². The third-order valence-corrected chi connectivity index (χ3v) is 10.8. The van der Waals surface area contributed by atoms with E-state index in [9.17, 15) is 5.21 Å². The van der Waals surface area contributed by atoms with Gasteiger partial charge < -0.3 is 0 Å². The summed E-state index contributed by atoms with van der Waals surface area (Å²) >= 11 is 0. The first-order chi connectivity index (χ1) is 22.2. The second kappa shape index (κ2) is 14.1. The second-order valence-corrected chi connectivity index (χ2v) is 18.4. The Morgan fingerprint density at radius 1 is 0.396 bits per heavy atom. The maximum atomic E-state index is 12.0. The normalized spacial score (nSPS) is 19.5. The van der Waals surface area contributed by atoms with Crippen LogP contribution in [0.2, 0.25) is 0 Å². The lowest BCUT2D eigenvalue weighted by molar-refractivity contribution is -1.36. The largest absolute Gasteiger partial charge is 0.318 e. The Labute approximate surface area is 315 Å². The van der Waals surface area contributed by atoms with Crippen LogP contribution in [0.15, 0.2) is 0 Å². The number of hydrogen-bond acceptors (Lipinski definition) is 19. The van der Waals surface area contributed by atoms with Crippen molar-refractivity contribution in [2.24, 2.45) is 70.1 Å². The van der Waals surface area contributed by atoms with Crippen LogP contribution < -0.4 is 70.1 Å². The van der Waals surface area contributed by atoms with Crippen LogP contribution in [0.5, 0.6) is 0 Å². The zero-order valence-corrected chi connectivity index (χ0v) is 36.0. The minimum atomic E-state index is -1.69. The van der Waals surface area contributed by atoms with E-state index in [4.69, 9.17) is 99.1 Å². The topological polar surface area (TPSA) is 388 Å². The number of nitrogens with two attached hydrogens (primary N) is 12. The molecule has 0 aliphatic heterocycles. The molecule has 3 unspecified atom stereocenters. The smallest absolute Gasteiger partial charge is 0.160 e. The summed E-state index contributed by atoms with van der Waals surface area (Å²) in [6.45, 7) is 24.9. The molecule has 0 amide bonds. The van der Waals surface area contributed by atoms with Crippen LogP contribution in [0.25, 0.3) is 0 Å². The van der Waals surface area contributed by atoms with Crippen molar-refractivity contribution < 1.29 is 68.1 Å². The summed E-state index contributed by atoms with van der Waals surface area (Å²) in [5, 5.41) is 12.0. The number of nitrogens with zero attached hydrogens (tertiary/aromatic N) is 7. The lowest BCUT2D eigenvalue weighted by atomic mass is 9.84. The quantitative estimate of drug-likeness (QED) is 0.0255. The van der Waals surface area contributed by atoms with E-state index in [1.165, 1.54) is 48.8 Å². The van der Waals surface area contributed by atoms with Gasteiger partial charge >= 0.3 is 17.2 Å². The summed E-state index contributed by atoms with van der Waals surface area (Å²) in [5.74, 6) is 75.4. The molecule has 53 heavy (non-hydrogen) atoms. The molecule has 0 aromatic rings. The van der Waals surface area contributed by atoms with Crippen LogP contribution in [0.3, 0.4) is 0 Å². The lowest BCUT2D eigenvalue weighted by Crippen LogP contribution is -2.86. The molecular weight excluding hydrogens is 702 g/mol. The molecule has 3 atom stereocenters. The van der Waals surface area contributed by atoms with Gasteiger partial charge in [-0.1, -0.05) is 24.1 Å². The summed E-state index contributed by atoms with van der Waals surface area (Å²) in [4.78, 5) is 30.9. The van der Waals surface area contributed by atoms with E-state index in [1.807, 2.05) is 0 Å². The van der Waals surface area contributed by atoms with Crippen molar-refractivity contribution in [1.82, 2.24) is 0 Å². The zero-order chi connectivity index (χ0) is 43.7. The van der Waals surface area contributed by atoms with Crippen molar-refractivity contribution in [2.45, 2.75) is 156 Å². The highest BCUT2D eigenvalue weighted by Crippen LogP contribution is 2.45. The average molecular weight is 785 g/mol. The standard InChI is InChI=1S/C27H82N19O7/c1-20(2,22(5,6)48-44(36,37)27(15,16)51-42(19,31)32)45(38,47)49-23(7,8)21(3,4)46(39,53-26(13,14)43(33,34)35)52-25(11,12)41(18,30)50-24(9,10)40(17,28)29/h47H,28-39H2,1-19H3/q+7. The summed E-state index contributed by atoms with van der Waals surface area (Å²) in [6.07, 6.45) is 0. The number of rotatable bonds is 20. The van der Waals surface area contributed by atoms with Crippen molar-refractivity contribution in [3.63, 3.8) is 0 Å². The Morgan fingerprint density at radius 2 is 0.755 bits per heavy atom. The third-order valence-electron chi connectivity index (χ3n) is 10.8. The van der Waals surface area contributed by atoms with Crippen molar-refractivity contribution >= 4 is 0 Å². The van der Waals surface area contributed by atoms with E-state index >= 15 is 0 Å². The third kappa shape index (κ3) is 10.7. The predicted octanol–water partition coefficient (Wildman–Crippen LogP) is -2.88. The number of hydrogen-bond donors (Lipinski definition) is 13. The van der Waals surface area contributed by atoms with E-state index in [-0.39, 0.29) is 0 Å². The van der Waals surface area contributed by atoms with E-state index in [0.29, 0.717) is 0 Å². The molecule has 0 aliphatic carbocycles. The van der Waals surface area contributed by atoms with Gasteiger partial charge in [0.2, 0.25) is 11.1 Å². The van der Waals surface area contributed by atoms with Crippen molar-refractivity contribution in [1.29, 1.82) is 0 Å². The van der Waals surface area contributed by atoms with Crippen molar-refractivity contribution in [2.75, 3.05) is 21.1 Å². The second-order valence-electron chi connectivity index (χ2n) is 18.4. The van der Waals surface area contributed by atoms with Gasteiger partial charge in [-0.15, -0.1) is 77.6 Å². The molecule has 26 heteroatoms. The van der Waals surface area contributed by atoms with Crippen molar-refractivity contribution in [3.05, 3.63) is 0 Å². The van der Waals surface area contributed by atoms with Gasteiger partial charge in [-0.3, -0.25) is 0 Å². The zero-order valence-electron chi connectivity index (χ0n) is 36.0. The van der Waals surface area contributed by atoms with Crippen LogP contribution in [0.1, 0.15) is 111 Å². The maximum Gasteiger partial charge on any atom is 0.318 e. The molecule has 0 saturated heterocycles. The minimum absolute atomic E-state index is 0.625. The highest BCUT2D eigenvalue weighted by molar-refractivity contribution is 4.90. The maximum absolute atomic E-state index is 12.0. The molecule has 0 saturated carbocycles. The Balaban J connectivity index is 7.31. The van der Waals surface area contributed by atoms with Crippen molar-refractivity contribution in [3.8, 4) is 0 Å². The highest BCUT2D eigenvalue weighted by atomic mass is 17.1. The van der Waals surface area contributed by atoms with Crippen LogP contribution >= 0.6 is 0 Å². The fraction of sp³-hybridized carbons (Fsp3) is 1.00. The van der Waals surface area contributed by atoms with Gasteiger partial charge in [0.25, 0.3) is 5.72 Å². The first-order valence-electron chi connectivity index (χ1n) is 16.8. The molecule has 0 aromatic heterocycles. The highest BCUT2D eigenvalue weighted by Gasteiger charge is 2.72. The molecule has 320 valence electrons. The predicted molar refractivity (Wildman–Crippen MR) is 191 cm³/mol. The molecule has 0 fully saturated rings. The van der Waals surface area contributed by atoms with Gasteiger partial charge in [0.05, 0.1) is 4.92 Å². The molecule has 0 rings (SSSR count). The number of hydroxylamine groups is 8. The first kappa shape index (κ1) is 52.0. The first-order valence-corrected chi connectivity index (χ1v) is 16.8. The Bertz CT molecular complexity index is 1270.